The maximum absolute atomic E-state index is 12.2. The lowest BCUT2D eigenvalue weighted by Gasteiger charge is -2.03. The Labute approximate surface area is 122 Å². The number of amides is 1. The van der Waals surface area contributed by atoms with Gasteiger partial charge in [-0.25, -0.2) is 0 Å². The van der Waals surface area contributed by atoms with E-state index in [1.165, 1.54) is 11.3 Å². The summed E-state index contributed by atoms with van der Waals surface area (Å²) in [5.74, 6) is 5.68. The van der Waals surface area contributed by atoms with E-state index in [9.17, 15) is 4.79 Å². The number of carbonyl (C=O) groups excluding carboxylic acids is 1. The van der Waals surface area contributed by atoms with Crippen LogP contribution < -0.4 is 11.1 Å². The fourth-order valence-corrected chi connectivity index (χ4v) is 2.62. The van der Waals surface area contributed by atoms with Gasteiger partial charge in [0.15, 0.2) is 0 Å². The van der Waals surface area contributed by atoms with Gasteiger partial charge in [0, 0.05) is 5.69 Å². The van der Waals surface area contributed by atoms with Gasteiger partial charge in [-0.2, -0.15) is 0 Å². The zero-order valence-corrected chi connectivity index (χ0v) is 12.3. The molecule has 2 rings (SSSR count). The van der Waals surface area contributed by atoms with Crippen molar-refractivity contribution in [1.29, 1.82) is 0 Å². The van der Waals surface area contributed by atoms with E-state index >= 15 is 0 Å². The molecule has 20 heavy (non-hydrogen) atoms. The van der Waals surface area contributed by atoms with Crippen molar-refractivity contribution in [2.24, 2.45) is 5.73 Å². The van der Waals surface area contributed by atoms with Crippen LogP contribution in [-0.4, -0.2) is 12.5 Å². The summed E-state index contributed by atoms with van der Waals surface area (Å²) < 4.78 is 0. The van der Waals surface area contributed by atoms with Crippen LogP contribution in [0.3, 0.4) is 0 Å². The molecule has 1 aromatic carbocycles. The van der Waals surface area contributed by atoms with Crippen molar-refractivity contribution in [2.45, 2.75) is 13.8 Å². The van der Waals surface area contributed by atoms with Crippen molar-refractivity contribution in [3.8, 4) is 11.8 Å². The highest BCUT2D eigenvalue weighted by atomic mass is 32.1. The fourth-order valence-electron chi connectivity index (χ4n) is 1.68. The van der Waals surface area contributed by atoms with Gasteiger partial charge in [-0.3, -0.25) is 4.79 Å². The third kappa shape index (κ3) is 3.47. The second-order valence-electron chi connectivity index (χ2n) is 4.45. The van der Waals surface area contributed by atoms with Gasteiger partial charge in [0.2, 0.25) is 0 Å². The number of anilines is 1. The quantitative estimate of drug-likeness (QED) is 0.833. The van der Waals surface area contributed by atoms with Crippen LogP contribution in [0.2, 0.25) is 0 Å². The van der Waals surface area contributed by atoms with Crippen molar-refractivity contribution in [2.75, 3.05) is 11.9 Å². The number of hydrogen-bond acceptors (Lipinski definition) is 3. The average molecular weight is 284 g/mol. The Bertz CT molecular complexity index is 675. The summed E-state index contributed by atoms with van der Waals surface area (Å²) in [7, 11) is 0. The smallest absolute Gasteiger partial charge is 0.265 e. The molecule has 0 aliphatic carbocycles. The number of benzene rings is 1. The van der Waals surface area contributed by atoms with E-state index in [4.69, 9.17) is 5.73 Å². The number of nitrogens with two attached hydrogens (primary N) is 1. The van der Waals surface area contributed by atoms with Crippen molar-refractivity contribution in [3.63, 3.8) is 0 Å². The molecule has 3 nitrogen and oxygen atoms in total. The van der Waals surface area contributed by atoms with Gasteiger partial charge in [0.05, 0.1) is 16.3 Å². The summed E-state index contributed by atoms with van der Waals surface area (Å²) in [6.07, 6.45) is 0. The van der Waals surface area contributed by atoms with E-state index in [0.717, 1.165) is 21.7 Å². The molecule has 0 saturated carbocycles. The number of rotatable bonds is 2. The van der Waals surface area contributed by atoms with Crippen LogP contribution in [0.5, 0.6) is 0 Å². The zero-order valence-electron chi connectivity index (χ0n) is 11.5. The molecular formula is C16H16N2OS. The molecule has 1 aromatic heterocycles. The van der Waals surface area contributed by atoms with E-state index in [2.05, 4.69) is 17.2 Å². The Balaban J connectivity index is 2.15. The first-order chi connectivity index (χ1) is 9.60. The van der Waals surface area contributed by atoms with Crippen LogP contribution in [0.25, 0.3) is 0 Å². The molecule has 0 fully saturated rings. The second-order valence-corrected chi connectivity index (χ2v) is 5.50. The molecule has 1 amide bonds. The number of hydrogen-bond donors (Lipinski definition) is 2. The summed E-state index contributed by atoms with van der Waals surface area (Å²) in [4.78, 5) is 13.7. The Morgan fingerprint density at radius 1 is 1.30 bits per heavy atom. The van der Waals surface area contributed by atoms with E-state index < -0.39 is 0 Å². The SMILES string of the molecule is Cc1ccc(NC(=O)c2cc(C)c(C#CCN)s2)cc1. The monoisotopic (exact) mass is 284 g/mol. The molecule has 0 atom stereocenters. The van der Waals surface area contributed by atoms with Gasteiger partial charge in [0.25, 0.3) is 5.91 Å². The number of thiophene rings is 1. The lowest BCUT2D eigenvalue weighted by molar-refractivity contribution is 0.103. The van der Waals surface area contributed by atoms with Gasteiger partial charge in [-0.1, -0.05) is 29.5 Å². The Kier molecular flexibility index (Phi) is 4.57. The van der Waals surface area contributed by atoms with Crippen molar-refractivity contribution in [3.05, 3.63) is 51.2 Å². The van der Waals surface area contributed by atoms with E-state index in [1.54, 1.807) is 0 Å². The highest BCUT2D eigenvalue weighted by molar-refractivity contribution is 7.14. The normalized spacial score (nSPS) is 9.75. The molecule has 3 N–H and O–H groups in total. The van der Waals surface area contributed by atoms with Crippen LogP contribution in [-0.2, 0) is 0 Å². The van der Waals surface area contributed by atoms with E-state index in [1.807, 2.05) is 44.2 Å². The van der Waals surface area contributed by atoms with Crippen LogP contribution in [0.4, 0.5) is 5.69 Å². The van der Waals surface area contributed by atoms with Gasteiger partial charge < -0.3 is 11.1 Å². The predicted octanol–water partition coefficient (Wildman–Crippen LogP) is 2.93. The predicted molar refractivity (Wildman–Crippen MR) is 84.1 cm³/mol. The molecule has 0 saturated heterocycles. The molecule has 1 heterocycles. The summed E-state index contributed by atoms with van der Waals surface area (Å²) >= 11 is 1.39. The first-order valence-electron chi connectivity index (χ1n) is 6.27. The van der Waals surface area contributed by atoms with Gasteiger partial charge >= 0.3 is 0 Å². The second kappa shape index (κ2) is 6.38. The first-order valence-corrected chi connectivity index (χ1v) is 7.09. The molecule has 4 heteroatoms. The third-order valence-corrected chi connectivity index (χ3v) is 3.91. The van der Waals surface area contributed by atoms with Crippen molar-refractivity contribution < 1.29 is 4.79 Å². The zero-order chi connectivity index (χ0) is 14.5. The number of nitrogens with one attached hydrogen (secondary N) is 1. The molecule has 0 aliphatic rings. The summed E-state index contributed by atoms with van der Waals surface area (Å²) in [6.45, 7) is 4.28. The highest BCUT2D eigenvalue weighted by Gasteiger charge is 2.11. The average Bonchev–Trinajstić information content (AvgIpc) is 2.80. The maximum atomic E-state index is 12.2. The molecule has 102 valence electrons. The van der Waals surface area contributed by atoms with Gasteiger partial charge in [-0.15, -0.1) is 11.3 Å². The molecule has 0 aliphatic heterocycles. The van der Waals surface area contributed by atoms with Crippen LogP contribution in [0, 0.1) is 25.7 Å². The summed E-state index contributed by atoms with van der Waals surface area (Å²) in [5.41, 5.74) is 8.32. The summed E-state index contributed by atoms with van der Waals surface area (Å²) in [5, 5.41) is 2.88. The summed E-state index contributed by atoms with van der Waals surface area (Å²) in [6, 6.07) is 9.57. The number of aryl methyl sites for hydroxylation is 2. The molecule has 0 unspecified atom stereocenters. The van der Waals surface area contributed by atoms with E-state index in [-0.39, 0.29) is 5.91 Å². The molecule has 0 radical (unpaired) electrons. The van der Waals surface area contributed by atoms with Crippen LogP contribution in [0.15, 0.2) is 30.3 Å². The maximum Gasteiger partial charge on any atom is 0.265 e. The van der Waals surface area contributed by atoms with Gasteiger partial charge in [0.1, 0.15) is 0 Å². The Morgan fingerprint density at radius 2 is 2.00 bits per heavy atom. The third-order valence-electron chi connectivity index (χ3n) is 2.75. The Hall–Kier alpha value is -2.09. The van der Waals surface area contributed by atoms with E-state index in [0.29, 0.717) is 11.4 Å². The largest absolute Gasteiger partial charge is 0.321 e. The fraction of sp³-hybridized carbons (Fsp3) is 0.188. The minimum Gasteiger partial charge on any atom is -0.321 e. The minimum absolute atomic E-state index is 0.109. The van der Waals surface area contributed by atoms with Crippen LogP contribution in [0.1, 0.15) is 25.7 Å². The molecular weight excluding hydrogens is 268 g/mol. The number of carbonyl (C=O) groups is 1. The first kappa shape index (κ1) is 14.3. The Morgan fingerprint density at radius 3 is 2.65 bits per heavy atom. The molecule has 0 bridgehead atoms. The lowest BCUT2D eigenvalue weighted by Crippen LogP contribution is -2.09. The van der Waals surface area contributed by atoms with Crippen molar-refractivity contribution in [1.82, 2.24) is 0 Å². The molecule has 0 spiro atoms. The van der Waals surface area contributed by atoms with Gasteiger partial charge in [-0.05, 0) is 37.6 Å². The lowest BCUT2D eigenvalue weighted by atomic mass is 10.2. The topological polar surface area (TPSA) is 55.1 Å². The molecule has 2 aromatic rings. The van der Waals surface area contributed by atoms with Crippen molar-refractivity contribution >= 4 is 22.9 Å². The van der Waals surface area contributed by atoms with Crippen LogP contribution >= 0.6 is 11.3 Å². The standard InChI is InChI=1S/C16H16N2OS/c1-11-5-7-13(8-6-11)18-16(19)15-10-12(2)14(20-15)4-3-9-17/h5-8,10H,9,17H2,1-2H3,(H,18,19). The highest BCUT2D eigenvalue weighted by Crippen LogP contribution is 2.22. The minimum atomic E-state index is -0.109.